The highest BCUT2D eigenvalue weighted by atomic mass is 19.1. The van der Waals surface area contributed by atoms with Gasteiger partial charge in [0.15, 0.2) is 0 Å². The number of anilines is 1. The van der Waals surface area contributed by atoms with Crippen LogP contribution in [-0.2, 0) is 6.42 Å². The Bertz CT molecular complexity index is 1070. The zero-order valence-corrected chi connectivity index (χ0v) is 16.8. The van der Waals surface area contributed by atoms with Crippen molar-refractivity contribution in [2.75, 3.05) is 4.90 Å². The second-order valence-corrected chi connectivity index (χ2v) is 8.07. The lowest BCUT2D eigenvalue weighted by atomic mass is 9.95. The van der Waals surface area contributed by atoms with Gasteiger partial charge in [-0.1, -0.05) is 19.9 Å². The van der Waals surface area contributed by atoms with Crippen LogP contribution in [0.1, 0.15) is 67.1 Å². The molecule has 1 aliphatic heterocycles. The molecule has 6 nitrogen and oxygen atoms in total. The van der Waals surface area contributed by atoms with E-state index in [0.717, 1.165) is 11.8 Å². The van der Waals surface area contributed by atoms with Gasteiger partial charge in [0.1, 0.15) is 17.3 Å². The van der Waals surface area contributed by atoms with Crippen LogP contribution in [0.2, 0.25) is 0 Å². The van der Waals surface area contributed by atoms with Gasteiger partial charge < -0.3 is 0 Å². The maximum absolute atomic E-state index is 14.8. The van der Waals surface area contributed by atoms with E-state index in [2.05, 4.69) is 29.1 Å². The van der Waals surface area contributed by atoms with Crippen LogP contribution < -0.4 is 4.90 Å². The van der Waals surface area contributed by atoms with E-state index < -0.39 is 17.7 Å². The Morgan fingerprint density at radius 3 is 2.59 bits per heavy atom. The Kier molecular flexibility index (Phi) is 4.72. The van der Waals surface area contributed by atoms with Crippen molar-refractivity contribution in [3.8, 4) is 0 Å². The van der Waals surface area contributed by atoms with Crippen LogP contribution in [0.3, 0.4) is 0 Å². The maximum atomic E-state index is 14.8. The minimum absolute atomic E-state index is 0.110. The molecular formula is C21H23F2N5O. The molecule has 0 aliphatic carbocycles. The van der Waals surface area contributed by atoms with Crippen molar-refractivity contribution in [1.29, 1.82) is 0 Å². The van der Waals surface area contributed by atoms with E-state index in [1.165, 1.54) is 17.0 Å². The molecule has 1 aliphatic rings. The van der Waals surface area contributed by atoms with Gasteiger partial charge in [-0.3, -0.25) is 19.5 Å². The molecule has 8 heteroatoms. The number of aromatic nitrogens is 4. The van der Waals surface area contributed by atoms with Crippen molar-refractivity contribution >= 4 is 11.6 Å². The highest BCUT2D eigenvalue weighted by Gasteiger charge is 2.44. The first-order valence-electron chi connectivity index (χ1n) is 9.67. The summed E-state index contributed by atoms with van der Waals surface area (Å²) in [6.45, 7) is 8.06. The molecule has 0 bridgehead atoms. The lowest BCUT2D eigenvalue weighted by Gasteiger charge is -2.25. The second-order valence-electron chi connectivity index (χ2n) is 8.07. The van der Waals surface area contributed by atoms with Crippen molar-refractivity contribution in [3.05, 3.63) is 64.7 Å². The van der Waals surface area contributed by atoms with Gasteiger partial charge in [-0.25, -0.2) is 8.78 Å². The van der Waals surface area contributed by atoms with E-state index in [1.807, 2.05) is 13.8 Å². The Hall–Kier alpha value is -3.03. The number of fused-ring (bicyclic) bond motifs is 1. The molecule has 1 atom stereocenters. The Morgan fingerprint density at radius 2 is 1.97 bits per heavy atom. The van der Waals surface area contributed by atoms with Crippen molar-refractivity contribution in [2.45, 2.75) is 46.2 Å². The van der Waals surface area contributed by atoms with Gasteiger partial charge in [-0.05, 0) is 32.3 Å². The van der Waals surface area contributed by atoms with Gasteiger partial charge in [0.05, 0.1) is 23.6 Å². The lowest BCUT2D eigenvalue weighted by molar-refractivity contribution is 0.0988. The SMILES string of the molecule is CC(C)Cc1n[nH]c2c1C(c1ccc(F)cc1F)N(c1cnn(C(C)C)c1)C2=O. The summed E-state index contributed by atoms with van der Waals surface area (Å²) in [5.41, 5.74) is 2.48. The van der Waals surface area contributed by atoms with Crippen LogP contribution in [0.5, 0.6) is 0 Å². The number of carbonyl (C=O) groups excluding carboxylic acids is 1. The quantitative estimate of drug-likeness (QED) is 0.691. The molecule has 1 N–H and O–H groups in total. The van der Waals surface area contributed by atoms with E-state index in [1.54, 1.807) is 17.1 Å². The average molecular weight is 399 g/mol. The molecule has 3 heterocycles. The molecule has 0 spiro atoms. The van der Waals surface area contributed by atoms with Crippen LogP contribution >= 0.6 is 0 Å². The number of H-pyrrole nitrogens is 1. The number of benzene rings is 1. The molecule has 4 rings (SSSR count). The monoisotopic (exact) mass is 399 g/mol. The molecule has 2 aromatic heterocycles. The standard InChI is InChI=1S/C21H23F2N5O/c1-11(2)7-17-18-19(26-25-17)21(29)28(14-9-24-27(10-14)12(3)4)20(18)15-6-5-13(22)8-16(15)23/h5-6,8-12,20H,7H2,1-4H3,(H,25,26). The predicted molar refractivity (Wildman–Crippen MR) is 105 cm³/mol. The molecule has 0 saturated heterocycles. The number of aromatic amines is 1. The number of hydrogen-bond donors (Lipinski definition) is 1. The van der Waals surface area contributed by atoms with Gasteiger partial charge in [-0.15, -0.1) is 0 Å². The Morgan fingerprint density at radius 1 is 1.21 bits per heavy atom. The normalized spacial score (nSPS) is 16.3. The highest BCUT2D eigenvalue weighted by molar-refractivity contribution is 6.10. The number of halogens is 2. The predicted octanol–water partition coefficient (Wildman–Crippen LogP) is 4.41. The fourth-order valence-corrected chi connectivity index (χ4v) is 3.77. The maximum Gasteiger partial charge on any atom is 0.277 e. The number of hydrogen-bond acceptors (Lipinski definition) is 3. The fraction of sp³-hybridized carbons (Fsp3) is 0.381. The summed E-state index contributed by atoms with van der Waals surface area (Å²) in [4.78, 5) is 14.8. The van der Waals surface area contributed by atoms with E-state index in [4.69, 9.17) is 0 Å². The molecular weight excluding hydrogens is 376 g/mol. The van der Waals surface area contributed by atoms with Crippen molar-refractivity contribution in [2.24, 2.45) is 5.92 Å². The van der Waals surface area contributed by atoms with Crippen LogP contribution in [0.15, 0.2) is 30.6 Å². The van der Waals surface area contributed by atoms with Crippen LogP contribution in [0, 0.1) is 17.6 Å². The first-order valence-corrected chi connectivity index (χ1v) is 9.67. The third kappa shape index (κ3) is 3.22. The smallest absolute Gasteiger partial charge is 0.277 e. The highest BCUT2D eigenvalue weighted by Crippen LogP contribution is 2.43. The second kappa shape index (κ2) is 7.09. The fourth-order valence-electron chi connectivity index (χ4n) is 3.77. The zero-order chi connectivity index (χ0) is 20.9. The van der Waals surface area contributed by atoms with Crippen LogP contribution in [0.4, 0.5) is 14.5 Å². The van der Waals surface area contributed by atoms with Crippen molar-refractivity contribution < 1.29 is 13.6 Å². The number of rotatable bonds is 5. The average Bonchev–Trinajstić information content (AvgIpc) is 3.32. The zero-order valence-electron chi connectivity index (χ0n) is 16.8. The molecule has 152 valence electrons. The minimum Gasteiger partial charge on any atom is -0.292 e. The van der Waals surface area contributed by atoms with Crippen molar-refractivity contribution in [1.82, 2.24) is 20.0 Å². The molecule has 1 amide bonds. The number of amides is 1. The molecule has 29 heavy (non-hydrogen) atoms. The van der Waals surface area contributed by atoms with Gasteiger partial charge in [-0.2, -0.15) is 10.2 Å². The molecule has 3 aromatic rings. The first-order chi connectivity index (χ1) is 13.8. The summed E-state index contributed by atoms with van der Waals surface area (Å²) in [5.74, 6) is -1.37. The topological polar surface area (TPSA) is 66.8 Å². The van der Waals surface area contributed by atoms with Gasteiger partial charge in [0.25, 0.3) is 5.91 Å². The molecule has 0 radical (unpaired) electrons. The summed E-state index contributed by atoms with van der Waals surface area (Å²) in [6.07, 6.45) is 3.99. The number of nitrogens with one attached hydrogen (secondary N) is 1. The third-order valence-electron chi connectivity index (χ3n) is 5.10. The van der Waals surface area contributed by atoms with Gasteiger partial charge >= 0.3 is 0 Å². The van der Waals surface area contributed by atoms with E-state index in [-0.39, 0.29) is 17.5 Å². The van der Waals surface area contributed by atoms with Gasteiger partial charge in [0, 0.05) is 29.4 Å². The summed E-state index contributed by atoms with van der Waals surface area (Å²) < 4.78 is 30.1. The van der Waals surface area contributed by atoms with E-state index in [9.17, 15) is 13.6 Å². The largest absolute Gasteiger partial charge is 0.292 e. The summed E-state index contributed by atoms with van der Waals surface area (Å²) in [7, 11) is 0. The Labute approximate surface area is 167 Å². The van der Waals surface area contributed by atoms with Gasteiger partial charge in [0.2, 0.25) is 0 Å². The first kappa shape index (κ1) is 19.3. The van der Waals surface area contributed by atoms with Crippen LogP contribution in [-0.4, -0.2) is 25.9 Å². The summed E-state index contributed by atoms with van der Waals surface area (Å²) >= 11 is 0. The third-order valence-corrected chi connectivity index (χ3v) is 5.10. The van der Waals surface area contributed by atoms with E-state index >= 15 is 0 Å². The number of carbonyl (C=O) groups is 1. The summed E-state index contributed by atoms with van der Waals surface area (Å²) in [6, 6.07) is 2.81. The number of nitrogens with zero attached hydrogens (tertiary/aromatic N) is 4. The Balaban J connectivity index is 1.89. The minimum atomic E-state index is -0.740. The van der Waals surface area contributed by atoms with Crippen LogP contribution in [0.25, 0.3) is 0 Å². The summed E-state index contributed by atoms with van der Waals surface area (Å²) in [5, 5.41) is 11.5. The molecule has 0 saturated carbocycles. The molecule has 1 unspecified atom stereocenters. The van der Waals surface area contributed by atoms with Crippen molar-refractivity contribution in [3.63, 3.8) is 0 Å². The lowest BCUT2D eigenvalue weighted by Crippen LogP contribution is -2.30. The molecule has 0 fully saturated rings. The van der Waals surface area contributed by atoms with E-state index in [0.29, 0.717) is 29.3 Å². The molecule has 1 aromatic carbocycles.